The van der Waals surface area contributed by atoms with Gasteiger partial charge in [-0.3, -0.25) is 4.98 Å². The van der Waals surface area contributed by atoms with E-state index in [0.717, 1.165) is 24.2 Å². The molecule has 19 heavy (non-hydrogen) atoms. The van der Waals surface area contributed by atoms with Crippen molar-refractivity contribution in [1.82, 2.24) is 20.4 Å². The first kappa shape index (κ1) is 12.3. The summed E-state index contributed by atoms with van der Waals surface area (Å²) in [5.74, 6) is 0.778. The Morgan fingerprint density at radius 1 is 1.37 bits per heavy atom. The summed E-state index contributed by atoms with van der Waals surface area (Å²) in [7, 11) is 0. The number of piperidine rings is 1. The van der Waals surface area contributed by atoms with Crippen LogP contribution in [0.25, 0.3) is 11.4 Å². The van der Waals surface area contributed by atoms with Crippen molar-refractivity contribution < 1.29 is 9.63 Å². The highest BCUT2D eigenvalue weighted by molar-refractivity contribution is 5.57. The summed E-state index contributed by atoms with van der Waals surface area (Å²) < 4.78 is 5.25. The van der Waals surface area contributed by atoms with Crippen LogP contribution < -0.4 is 5.32 Å². The number of aliphatic hydroxyl groups is 1. The van der Waals surface area contributed by atoms with E-state index in [1.54, 1.807) is 12.4 Å². The van der Waals surface area contributed by atoms with Gasteiger partial charge in [0.15, 0.2) is 0 Å². The van der Waals surface area contributed by atoms with Gasteiger partial charge in [0.2, 0.25) is 5.82 Å². The third kappa shape index (κ3) is 2.24. The first-order chi connectivity index (χ1) is 9.19. The van der Waals surface area contributed by atoms with Crippen molar-refractivity contribution >= 4 is 0 Å². The number of pyridine rings is 1. The Morgan fingerprint density at radius 2 is 2.16 bits per heavy atom. The molecule has 0 saturated carbocycles. The van der Waals surface area contributed by atoms with E-state index in [2.05, 4.69) is 20.4 Å². The Bertz CT molecular complexity index is 576. The molecule has 0 aliphatic carbocycles. The summed E-state index contributed by atoms with van der Waals surface area (Å²) in [5, 5.41) is 17.7. The predicted molar refractivity (Wildman–Crippen MR) is 68.3 cm³/mol. The largest absolute Gasteiger partial charge is 0.380 e. The minimum atomic E-state index is -1.01. The molecule has 3 heterocycles. The Morgan fingerprint density at radius 3 is 2.89 bits per heavy atom. The maximum Gasteiger partial charge on any atom is 0.259 e. The van der Waals surface area contributed by atoms with E-state index in [4.69, 9.17) is 4.52 Å². The second kappa shape index (κ2) is 4.71. The molecular weight excluding hydrogens is 244 g/mol. The molecule has 1 saturated heterocycles. The maximum atomic E-state index is 10.5. The lowest BCUT2D eigenvalue weighted by molar-refractivity contribution is -0.0228. The second-order valence-electron chi connectivity index (χ2n) is 4.90. The molecule has 2 aromatic heterocycles. The Balaban J connectivity index is 1.93. The van der Waals surface area contributed by atoms with Crippen LogP contribution in [0.15, 0.2) is 23.0 Å². The van der Waals surface area contributed by atoms with Crippen molar-refractivity contribution in [2.24, 2.45) is 0 Å². The minimum absolute atomic E-state index is 0.298. The molecule has 0 bridgehead atoms. The van der Waals surface area contributed by atoms with Crippen LogP contribution in [0.4, 0.5) is 0 Å². The van der Waals surface area contributed by atoms with Gasteiger partial charge in [-0.25, -0.2) is 0 Å². The highest BCUT2D eigenvalue weighted by atomic mass is 16.5. The van der Waals surface area contributed by atoms with E-state index in [1.165, 1.54) is 0 Å². The zero-order valence-electron chi connectivity index (χ0n) is 10.8. The van der Waals surface area contributed by atoms with Crippen LogP contribution in [0.1, 0.15) is 24.3 Å². The van der Waals surface area contributed by atoms with Gasteiger partial charge >= 0.3 is 0 Å². The number of nitrogens with one attached hydrogen (secondary N) is 1. The molecule has 2 aromatic rings. The van der Waals surface area contributed by atoms with Crippen molar-refractivity contribution in [3.05, 3.63) is 29.9 Å². The number of aromatic nitrogens is 3. The van der Waals surface area contributed by atoms with Gasteiger partial charge in [-0.05, 0) is 44.5 Å². The SMILES string of the molecule is Cc1ccncc1-c1noc(C2(O)CCNCC2)n1. The summed E-state index contributed by atoms with van der Waals surface area (Å²) in [6, 6.07) is 1.89. The van der Waals surface area contributed by atoms with E-state index >= 15 is 0 Å². The molecule has 6 heteroatoms. The van der Waals surface area contributed by atoms with Crippen LogP contribution in [0.5, 0.6) is 0 Å². The van der Waals surface area contributed by atoms with Crippen molar-refractivity contribution in [3.63, 3.8) is 0 Å². The standard InChI is InChI=1S/C13H16N4O2/c1-9-2-5-15-8-10(9)11-16-12(19-17-11)13(18)3-6-14-7-4-13/h2,5,8,14,18H,3-4,6-7H2,1H3. The third-order valence-corrected chi connectivity index (χ3v) is 3.53. The first-order valence-electron chi connectivity index (χ1n) is 6.37. The topological polar surface area (TPSA) is 84.1 Å². The Hall–Kier alpha value is -1.79. The summed E-state index contributed by atoms with van der Waals surface area (Å²) in [6.07, 6.45) is 4.60. The molecule has 0 aromatic carbocycles. The van der Waals surface area contributed by atoms with Gasteiger partial charge in [-0.2, -0.15) is 4.98 Å². The van der Waals surface area contributed by atoms with Crippen LogP contribution in [0, 0.1) is 6.92 Å². The molecule has 1 fully saturated rings. The van der Waals surface area contributed by atoms with Gasteiger partial charge in [-0.15, -0.1) is 0 Å². The maximum absolute atomic E-state index is 10.5. The average Bonchev–Trinajstić information content (AvgIpc) is 2.90. The summed E-state index contributed by atoms with van der Waals surface area (Å²) >= 11 is 0. The smallest absolute Gasteiger partial charge is 0.259 e. The van der Waals surface area contributed by atoms with Gasteiger partial charge in [0.05, 0.1) is 0 Å². The number of nitrogens with zero attached hydrogens (tertiary/aromatic N) is 3. The molecule has 6 nitrogen and oxygen atoms in total. The number of hydrogen-bond acceptors (Lipinski definition) is 6. The fraction of sp³-hybridized carbons (Fsp3) is 0.462. The molecule has 2 N–H and O–H groups in total. The van der Waals surface area contributed by atoms with Crippen molar-refractivity contribution in [1.29, 1.82) is 0 Å². The number of aryl methyl sites for hydroxylation is 1. The molecule has 1 aliphatic heterocycles. The van der Waals surface area contributed by atoms with Crippen LogP contribution >= 0.6 is 0 Å². The Labute approximate surface area is 110 Å². The van der Waals surface area contributed by atoms with Crippen LogP contribution in [0.2, 0.25) is 0 Å². The summed E-state index contributed by atoms with van der Waals surface area (Å²) in [6.45, 7) is 3.46. The van der Waals surface area contributed by atoms with E-state index < -0.39 is 5.60 Å². The van der Waals surface area contributed by atoms with Gasteiger partial charge < -0.3 is 14.9 Å². The lowest BCUT2D eigenvalue weighted by Gasteiger charge is -2.28. The van der Waals surface area contributed by atoms with Gasteiger partial charge in [0.1, 0.15) is 5.60 Å². The fourth-order valence-electron chi connectivity index (χ4n) is 2.27. The van der Waals surface area contributed by atoms with E-state index in [9.17, 15) is 5.11 Å². The Kier molecular flexibility index (Phi) is 3.04. The molecule has 0 radical (unpaired) electrons. The monoisotopic (exact) mass is 260 g/mol. The number of rotatable bonds is 2. The predicted octanol–water partition coefficient (Wildman–Crippen LogP) is 1.01. The minimum Gasteiger partial charge on any atom is -0.380 e. The van der Waals surface area contributed by atoms with E-state index in [1.807, 2.05) is 13.0 Å². The molecule has 0 atom stereocenters. The van der Waals surface area contributed by atoms with Gasteiger partial charge in [-0.1, -0.05) is 5.16 Å². The quantitative estimate of drug-likeness (QED) is 0.838. The van der Waals surface area contributed by atoms with Crippen LogP contribution in [0.3, 0.4) is 0 Å². The van der Waals surface area contributed by atoms with Crippen molar-refractivity contribution in [2.75, 3.05) is 13.1 Å². The zero-order chi connectivity index (χ0) is 13.3. The highest BCUT2D eigenvalue weighted by Crippen LogP contribution is 2.30. The summed E-state index contributed by atoms with van der Waals surface area (Å²) in [4.78, 5) is 8.41. The third-order valence-electron chi connectivity index (χ3n) is 3.53. The molecule has 3 rings (SSSR count). The van der Waals surface area contributed by atoms with Crippen molar-refractivity contribution in [2.45, 2.75) is 25.4 Å². The fourth-order valence-corrected chi connectivity index (χ4v) is 2.27. The second-order valence-corrected chi connectivity index (χ2v) is 4.90. The normalized spacial score (nSPS) is 18.4. The van der Waals surface area contributed by atoms with Crippen molar-refractivity contribution in [3.8, 4) is 11.4 Å². The zero-order valence-corrected chi connectivity index (χ0v) is 10.8. The molecule has 0 unspecified atom stereocenters. The molecule has 0 amide bonds. The molecule has 0 spiro atoms. The summed E-state index contributed by atoms with van der Waals surface area (Å²) in [5.41, 5.74) is 0.849. The number of hydrogen-bond donors (Lipinski definition) is 2. The van der Waals surface area contributed by atoms with Gasteiger partial charge in [0, 0.05) is 18.0 Å². The lowest BCUT2D eigenvalue weighted by atomic mass is 9.92. The van der Waals surface area contributed by atoms with Gasteiger partial charge in [0.25, 0.3) is 5.89 Å². The molecule has 100 valence electrons. The van der Waals surface area contributed by atoms with E-state index in [-0.39, 0.29) is 0 Å². The molecule has 1 aliphatic rings. The lowest BCUT2D eigenvalue weighted by Crippen LogP contribution is -2.39. The van der Waals surface area contributed by atoms with E-state index in [0.29, 0.717) is 24.6 Å². The van der Waals surface area contributed by atoms with Crippen LogP contribution in [-0.2, 0) is 5.60 Å². The van der Waals surface area contributed by atoms with Crippen LogP contribution in [-0.4, -0.2) is 33.3 Å². The molecular formula is C13H16N4O2. The average molecular weight is 260 g/mol. The first-order valence-corrected chi connectivity index (χ1v) is 6.37. The highest BCUT2D eigenvalue weighted by Gasteiger charge is 2.37.